The van der Waals surface area contributed by atoms with E-state index in [1.54, 1.807) is 0 Å². The topological polar surface area (TPSA) is 6.48 Å². The minimum Gasteiger partial charge on any atom is -0.326 e. The number of nitrogens with zero attached hydrogens (tertiary/aromatic N) is 2. The zero-order valence-corrected chi connectivity index (χ0v) is 13.5. The quantitative estimate of drug-likeness (QED) is 0.430. The number of likely N-dealkylation sites (tertiary alicyclic amines) is 2. The first kappa shape index (κ1) is 14.6. The molecule has 0 unspecified atom stereocenters. The Hall–Kier alpha value is 1.56. The Morgan fingerprint density at radius 3 is 2.27 bits per heavy atom. The standard InChI is InChI=1S/C12H23N2.K/c1-13-9-5-12(6-10-13)11-14-7-3-2-4-8-14;/h2,12H,3-11H2,1H3;/q-1;+1. The minimum absolute atomic E-state index is 0. The Kier molecular flexibility index (Phi) is 7.60. The van der Waals surface area contributed by atoms with Crippen molar-refractivity contribution >= 4 is 0 Å². The van der Waals surface area contributed by atoms with Crippen molar-refractivity contribution in [2.24, 2.45) is 5.92 Å². The zero-order valence-electron chi connectivity index (χ0n) is 10.4. The van der Waals surface area contributed by atoms with Crippen molar-refractivity contribution in [3.05, 3.63) is 6.42 Å². The van der Waals surface area contributed by atoms with E-state index in [4.69, 9.17) is 0 Å². The van der Waals surface area contributed by atoms with E-state index in [0.29, 0.717) is 0 Å². The van der Waals surface area contributed by atoms with Crippen LogP contribution in [0.25, 0.3) is 0 Å². The van der Waals surface area contributed by atoms with Gasteiger partial charge in [0.25, 0.3) is 0 Å². The Balaban J connectivity index is 0.00000112. The molecule has 2 fully saturated rings. The third-order valence-corrected chi connectivity index (χ3v) is 3.65. The zero-order chi connectivity index (χ0) is 9.80. The van der Waals surface area contributed by atoms with Gasteiger partial charge in [0.15, 0.2) is 0 Å². The van der Waals surface area contributed by atoms with E-state index in [1.165, 1.54) is 58.4 Å². The molecule has 2 saturated heterocycles. The summed E-state index contributed by atoms with van der Waals surface area (Å²) in [6, 6.07) is 0. The summed E-state index contributed by atoms with van der Waals surface area (Å²) in [4.78, 5) is 5.12. The van der Waals surface area contributed by atoms with Crippen LogP contribution in [0.4, 0.5) is 0 Å². The van der Waals surface area contributed by atoms with Crippen LogP contribution in [0, 0.1) is 12.3 Å². The summed E-state index contributed by atoms with van der Waals surface area (Å²) in [5.41, 5.74) is 0. The van der Waals surface area contributed by atoms with Crippen LogP contribution in [0.3, 0.4) is 0 Å². The van der Waals surface area contributed by atoms with Crippen LogP contribution < -0.4 is 51.4 Å². The molecule has 0 aromatic carbocycles. The molecular formula is C12H23KN2. The molecule has 0 saturated carbocycles. The first-order valence-corrected chi connectivity index (χ1v) is 6.07. The van der Waals surface area contributed by atoms with E-state index in [-0.39, 0.29) is 51.4 Å². The van der Waals surface area contributed by atoms with Crippen molar-refractivity contribution < 1.29 is 51.4 Å². The fraction of sp³-hybridized carbons (Fsp3) is 0.917. The molecular weight excluding hydrogens is 211 g/mol. The molecule has 15 heavy (non-hydrogen) atoms. The predicted molar refractivity (Wildman–Crippen MR) is 60.2 cm³/mol. The third kappa shape index (κ3) is 5.15. The molecule has 0 spiro atoms. The molecule has 0 aliphatic carbocycles. The smallest absolute Gasteiger partial charge is 0.326 e. The van der Waals surface area contributed by atoms with Gasteiger partial charge in [-0.25, -0.2) is 0 Å². The monoisotopic (exact) mass is 234 g/mol. The maximum atomic E-state index is 2.66. The van der Waals surface area contributed by atoms with Gasteiger partial charge in [0.05, 0.1) is 0 Å². The van der Waals surface area contributed by atoms with E-state index in [1.807, 2.05) is 0 Å². The summed E-state index contributed by atoms with van der Waals surface area (Å²) in [6.07, 6.45) is 7.89. The van der Waals surface area contributed by atoms with Gasteiger partial charge in [-0.15, -0.1) is 0 Å². The summed E-state index contributed by atoms with van der Waals surface area (Å²) in [5, 5.41) is 0. The van der Waals surface area contributed by atoms with Crippen molar-refractivity contribution in [1.29, 1.82) is 0 Å². The van der Waals surface area contributed by atoms with Gasteiger partial charge in [-0.05, 0) is 52.0 Å². The molecule has 0 atom stereocenters. The van der Waals surface area contributed by atoms with Crippen molar-refractivity contribution in [2.45, 2.75) is 25.7 Å². The van der Waals surface area contributed by atoms with Crippen LogP contribution in [0.15, 0.2) is 0 Å². The average molecular weight is 234 g/mol. The van der Waals surface area contributed by atoms with Crippen LogP contribution in [0.1, 0.15) is 25.7 Å². The average Bonchev–Trinajstić information content (AvgIpc) is 2.23. The van der Waals surface area contributed by atoms with Crippen LogP contribution >= 0.6 is 0 Å². The summed E-state index contributed by atoms with van der Waals surface area (Å²) in [6.45, 7) is 6.61. The number of rotatable bonds is 2. The molecule has 0 radical (unpaired) electrons. The van der Waals surface area contributed by atoms with Crippen LogP contribution in [-0.2, 0) is 0 Å². The van der Waals surface area contributed by atoms with Gasteiger partial charge in [-0.2, -0.15) is 12.8 Å². The van der Waals surface area contributed by atoms with Crippen molar-refractivity contribution in [2.75, 3.05) is 39.8 Å². The van der Waals surface area contributed by atoms with Crippen LogP contribution in [0.5, 0.6) is 0 Å². The number of hydrogen-bond donors (Lipinski definition) is 0. The molecule has 0 bridgehead atoms. The van der Waals surface area contributed by atoms with Gasteiger partial charge >= 0.3 is 51.4 Å². The van der Waals surface area contributed by atoms with Crippen molar-refractivity contribution in [3.8, 4) is 0 Å². The van der Waals surface area contributed by atoms with E-state index in [2.05, 4.69) is 23.3 Å². The molecule has 0 aromatic heterocycles. The largest absolute Gasteiger partial charge is 1.00 e. The molecule has 0 amide bonds. The van der Waals surface area contributed by atoms with Gasteiger partial charge in [-0.1, -0.05) is 0 Å². The van der Waals surface area contributed by atoms with E-state index in [9.17, 15) is 0 Å². The van der Waals surface area contributed by atoms with E-state index >= 15 is 0 Å². The number of piperidine rings is 2. The van der Waals surface area contributed by atoms with Gasteiger partial charge in [0.2, 0.25) is 0 Å². The first-order valence-electron chi connectivity index (χ1n) is 6.07. The van der Waals surface area contributed by atoms with Gasteiger partial charge in [0.1, 0.15) is 0 Å². The van der Waals surface area contributed by atoms with E-state index in [0.717, 1.165) is 5.92 Å². The first-order chi connectivity index (χ1) is 6.84. The molecule has 2 aliphatic rings. The third-order valence-electron chi connectivity index (χ3n) is 3.65. The maximum Gasteiger partial charge on any atom is 1.00 e. The Bertz CT molecular complexity index is 161. The van der Waals surface area contributed by atoms with Crippen molar-refractivity contribution in [1.82, 2.24) is 9.80 Å². The molecule has 2 aliphatic heterocycles. The minimum atomic E-state index is 0. The maximum absolute atomic E-state index is 2.66. The Labute approximate surface area is 137 Å². The summed E-state index contributed by atoms with van der Waals surface area (Å²) in [7, 11) is 2.24. The molecule has 3 heteroatoms. The fourth-order valence-electron chi connectivity index (χ4n) is 2.60. The Morgan fingerprint density at radius 1 is 1.07 bits per heavy atom. The fourth-order valence-corrected chi connectivity index (χ4v) is 2.60. The van der Waals surface area contributed by atoms with Gasteiger partial charge < -0.3 is 16.2 Å². The molecule has 0 aromatic rings. The summed E-state index contributed by atoms with van der Waals surface area (Å²) >= 11 is 0. The van der Waals surface area contributed by atoms with Gasteiger partial charge in [0, 0.05) is 6.54 Å². The molecule has 0 N–H and O–H groups in total. The van der Waals surface area contributed by atoms with Crippen LogP contribution in [-0.4, -0.2) is 49.6 Å². The number of hydrogen-bond acceptors (Lipinski definition) is 2. The molecule has 82 valence electrons. The second-order valence-electron chi connectivity index (χ2n) is 4.91. The second kappa shape index (κ2) is 7.80. The van der Waals surface area contributed by atoms with Crippen molar-refractivity contribution in [3.63, 3.8) is 0 Å². The second-order valence-corrected chi connectivity index (χ2v) is 4.91. The summed E-state index contributed by atoms with van der Waals surface area (Å²) < 4.78 is 0. The van der Waals surface area contributed by atoms with E-state index < -0.39 is 0 Å². The van der Waals surface area contributed by atoms with Gasteiger partial charge in [-0.3, -0.25) is 0 Å². The Morgan fingerprint density at radius 2 is 1.67 bits per heavy atom. The normalized spacial score (nSPS) is 26.2. The van der Waals surface area contributed by atoms with Crippen LogP contribution in [0.2, 0.25) is 0 Å². The predicted octanol–water partition coefficient (Wildman–Crippen LogP) is -1.37. The molecule has 2 heterocycles. The molecule has 2 rings (SSSR count). The SMILES string of the molecule is CN1CCC(CN2CC[CH-]CC2)CC1.[K+]. The summed E-state index contributed by atoms with van der Waals surface area (Å²) in [5.74, 6) is 0.976. The molecule has 2 nitrogen and oxygen atoms in total.